The zero-order valence-electron chi connectivity index (χ0n) is 9.37. The van der Waals surface area contributed by atoms with Gasteiger partial charge in [0.15, 0.2) is 0 Å². The van der Waals surface area contributed by atoms with Crippen LogP contribution in [0.1, 0.15) is 18.9 Å². The van der Waals surface area contributed by atoms with Crippen molar-refractivity contribution in [2.24, 2.45) is 0 Å². The largest absolute Gasteiger partial charge is 0.366 e. The number of nitrogens with one attached hydrogen (secondary N) is 1. The number of para-hydroxylation sites is 1. The van der Waals surface area contributed by atoms with E-state index in [0.717, 1.165) is 25.2 Å². The summed E-state index contributed by atoms with van der Waals surface area (Å²) in [6, 6.07) is 9.02. The SMILES string of the molecule is [CH2]c1ccccc1N1CCNCC1CC. The van der Waals surface area contributed by atoms with Gasteiger partial charge in [-0.3, -0.25) is 0 Å². The molecule has 1 aromatic rings. The highest BCUT2D eigenvalue weighted by molar-refractivity contribution is 5.56. The van der Waals surface area contributed by atoms with Gasteiger partial charge < -0.3 is 10.2 Å². The number of nitrogens with zero attached hydrogens (tertiary/aromatic N) is 1. The predicted octanol–water partition coefficient (Wildman–Crippen LogP) is 2.06. The Balaban J connectivity index is 2.24. The van der Waals surface area contributed by atoms with Gasteiger partial charge in [0.2, 0.25) is 0 Å². The van der Waals surface area contributed by atoms with Crippen LogP contribution in [0.5, 0.6) is 0 Å². The summed E-state index contributed by atoms with van der Waals surface area (Å²) in [7, 11) is 0. The van der Waals surface area contributed by atoms with E-state index in [0.29, 0.717) is 6.04 Å². The number of benzene rings is 1. The molecule has 1 N–H and O–H groups in total. The molecule has 0 aliphatic carbocycles. The van der Waals surface area contributed by atoms with Crippen LogP contribution in [0.25, 0.3) is 0 Å². The number of anilines is 1. The van der Waals surface area contributed by atoms with E-state index in [-0.39, 0.29) is 0 Å². The second-order valence-corrected chi connectivity index (χ2v) is 4.09. The predicted molar refractivity (Wildman–Crippen MR) is 65.2 cm³/mol. The van der Waals surface area contributed by atoms with Crippen molar-refractivity contribution >= 4 is 5.69 Å². The van der Waals surface area contributed by atoms with Gasteiger partial charge >= 0.3 is 0 Å². The molecule has 2 nitrogen and oxygen atoms in total. The maximum atomic E-state index is 4.10. The van der Waals surface area contributed by atoms with E-state index in [9.17, 15) is 0 Å². The smallest absolute Gasteiger partial charge is 0.0412 e. The van der Waals surface area contributed by atoms with Crippen LogP contribution in [0.3, 0.4) is 0 Å². The lowest BCUT2D eigenvalue weighted by Gasteiger charge is -2.38. The first-order valence-corrected chi connectivity index (χ1v) is 5.71. The van der Waals surface area contributed by atoms with Gasteiger partial charge in [-0.1, -0.05) is 25.1 Å². The molecule has 1 aromatic carbocycles. The minimum absolute atomic E-state index is 0.613. The number of hydrogen-bond donors (Lipinski definition) is 1. The van der Waals surface area contributed by atoms with Gasteiger partial charge in [-0.15, -0.1) is 0 Å². The summed E-state index contributed by atoms with van der Waals surface area (Å²) in [5.74, 6) is 0. The lowest BCUT2D eigenvalue weighted by Crippen LogP contribution is -2.51. The fraction of sp³-hybridized carbons (Fsp3) is 0.462. The zero-order chi connectivity index (χ0) is 10.7. The normalized spacial score (nSPS) is 21.7. The highest BCUT2D eigenvalue weighted by atomic mass is 15.2. The Morgan fingerprint density at radius 3 is 3.00 bits per heavy atom. The fourth-order valence-corrected chi connectivity index (χ4v) is 2.23. The third-order valence-electron chi connectivity index (χ3n) is 3.12. The molecule has 0 bridgehead atoms. The van der Waals surface area contributed by atoms with E-state index >= 15 is 0 Å². The molecular weight excluding hydrogens is 184 g/mol. The molecule has 1 aliphatic rings. The molecule has 1 heterocycles. The minimum Gasteiger partial charge on any atom is -0.366 e. The van der Waals surface area contributed by atoms with Crippen molar-refractivity contribution in [2.75, 3.05) is 24.5 Å². The average Bonchev–Trinajstić information content (AvgIpc) is 2.30. The van der Waals surface area contributed by atoms with Gasteiger partial charge in [0.1, 0.15) is 0 Å². The van der Waals surface area contributed by atoms with E-state index in [1.54, 1.807) is 0 Å². The Labute approximate surface area is 92.3 Å². The van der Waals surface area contributed by atoms with Crippen molar-refractivity contribution in [1.82, 2.24) is 5.32 Å². The third-order valence-corrected chi connectivity index (χ3v) is 3.12. The summed E-state index contributed by atoms with van der Waals surface area (Å²) in [6.07, 6.45) is 1.18. The molecule has 2 rings (SSSR count). The summed E-state index contributed by atoms with van der Waals surface area (Å²) in [4.78, 5) is 2.48. The van der Waals surface area contributed by atoms with Crippen LogP contribution in [-0.4, -0.2) is 25.7 Å². The van der Waals surface area contributed by atoms with Crippen molar-refractivity contribution in [1.29, 1.82) is 0 Å². The van der Waals surface area contributed by atoms with Crippen molar-refractivity contribution in [3.8, 4) is 0 Å². The first kappa shape index (κ1) is 10.5. The Morgan fingerprint density at radius 2 is 2.27 bits per heavy atom. The Bertz CT molecular complexity index is 322. The molecule has 81 valence electrons. The Kier molecular flexibility index (Phi) is 3.27. The monoisotopic (exact) mass is 203 g/mol. The third kappa shape index (κ3) is 2.15. The van der Waals surface area contributed by atoms with E-state index in [4.69, 9.17) is 0 Å². The lowest BCUT2D eigenvalue weighted by atomic mass is 10.1. The maximum Gasteiger partial charge on any atom is 0.0412 e. The van der Waals surface area contributed by atoms with Crippen LogP contribution in [0.15, 0.2) is 24.3 Å². The number of rotatable bonds is 2. The second kappa shape index (κ2) is 4.67. The standard InChI is InChI=1S/C13H19N2/c1-3-12-10-14-8-9-15(12)13-7-5-4-6-11(13)2/h4-7,12,14H,2-3,8-10H2,1H3. The summed E-state index contributed by atoms with van der Waals surface area (Å²) >= 11 is 0. The summed E-state index contributed by atoms with van der Waals surface area (Å²) in [6.45, 7) is 9.60. The van der Waals surface area contributed by atoms with Gasteiger partial charge in [0, 0.05) is 31.4 Å². The molecule has 1 radical (unpaired) electrons. The summed E-state index contributed by atoms with van der Waals surface area (Å²) < 4.78 is 0. The van der Waals surface area contributed by atoms with Crippen molar-refractivity contribution in [3.63, 3.8) is 0 Å². The Hall–Kier alpha value is -1.02. The van der Waals surface area contributed by atoms with Gasteiger partial charge in [0.05, 0.1) is 0 Å². The quantitative estimate of drug-likeness (QED) is 0.791. The van der Waals surface area contributed by atoms with Gasteiger partial charge in [-0.2, -0.15) is 0 Å². The van der Waals surface area contributed by atoms with Crippen LogP contribution in [0, 0.1) is 6.92 Å². The molecule has 0 amide bonds. The molecule has 0 saturated carbocycles. The highest BCUT2D eigenvalue weighted by Gasteiger charge is 2.21. The molecule has 1 aliphatic heterocycles. The molecule has 2 heteroatoms. The molecule has 1 saturated heterocycles. The van der Waals surface area contributed by atoms with E-state index in [1.165, 1.54) is 12.1 Å². The fourth-order valence-electron chi connectivity index (χ4n) is 2.23. The van der Waals surface area contributed by atoms with Crippen LogP contribution >= 0.6 is 0 Å². The van der Waals surface area contributed by atoms with Crippen molar-refractivity contribution in [2.45, 2.75) is 19.4 Å². The van der Waals surface area contributed by atoms with Crippen molar-refractivity contribution in [3.05, 3.63) is 36.8 Å². The van der Waals surface area contributed by atoms with Crippen LogP contribution in [-0.2, 0) is 0 Å². The maximum absolute atomic E-state index is 4.10. The molecular formula is C13H19N2. The molecule has 1 atom stereocenters. The average molecular weight is 203 g/mol. The molecule has 1 unspecified atom stereocenters. The zero-order valence-corrected chi connectivity index (χ0v) is 9.37. The molecule has 0 aromatic heterocycles. The van der Waals surface area contributed by atoms with Gasteiger partial charge in [-0.05, 0) is 25.0 Å². The summed E-state index contributed by atoms with van der Waals surface area (Å²) in [5.41, 5.74) is 2.43. The number of piperazine rings is 1. The van der Waals surface area contributed by atoms with Crippen LogP contribution in [0.2, 0.25) is 0 Å². The molecule has 15 heavy (non-hydrogen) atoms. The second-order valence-electron chi connectivity index (χ2n) is 4.09. The van der Waals surface area contributed by atoms with E-state index < -0.39 is 0 Å². The molecule has 1 fully saturated rings. The minimum atomic E-state index is 0.613. The topological polar surface area (TPSA) is 15.3 Å². The first-order chi connectivity index (χ1) is 7.33. The first-order valence-electron chi connectivity index (χ1n) is 5.71. The number of hydrogen-bond acceptors (Lipinski definition) is 2. The van der Waals surface area contributed by atoms with E-state index in [1.807, 2.05) is 0 Å². The summed E-state index contributed by atoms with van der Waals surface area (Å²) in [5, 5.41) is 3.44. The molecule has 0 spiro atoms. The van der Waals surface area contributed by atoms with Crippen LogP contribution < -0.4 is 10.2 Å². The lowest BCUT2D eigenvalue weighted by molar-refractivity contribution is 0.466. The highest BCUT2D eigenvalue weighted by Crippen LogP contribution is 2.23. The van der Waals surface area contributed by atoms with Gasteiger partial charge in [0.25, 0.3) is 0 Å². The Morgan fingerprint density at radius 1 is 1.47 bits per heavy atom. The van der Waals surface area contributed by atoms with Gasteiger partial charge in [-0.25, -0.2) is 0 Å². The van der Waals surface area contributed by atoms with Crippen molar-refractivity contribution < 1.29 is 0 Å². The van der Waals surface area contributed by atoms with Crippen LogP contribution in [0.4, 0.5) is 5.69 Å². The van der Waals surface area contributed by atoms with E-state index in [2.05, 4.69) is 48.3 Å².